The fourth-order valence-corrected chi connectivity index (χ4v) is 3.60. The van der Waals surface area contributed by atoms with E-state index >= 15 is 0 Å². The zero-order chi connectivity index (χ0) is 11.8. The Morgan fingerprint density at radius 2 is 1.81 bits per heavy atom. The molecule has 0 spiro atoms. The molecule has 1 aromatic rings. The molecule has 0 amide bonds. The fourth-order valence-electron chi connectivity index (χ4n) is 2.38. The minimum atomic E-state index is 0.255. The summed E-state index contributed by atoms with van der Waals surface area (Å²) >= 11 is 2.05. The molecule has 1 nitrogen and oxygen atoms in total. The molecule has 0 aliphatic carbocycles. The lowest BCUT2D eigenvalue weighted by atomic mass is 9.99. The Labute approximate surface area is 103 Å². The van der Waals surface area contributed by atoms with Gasteiger partial charge < -0.3 is 5.32 Å². The first-order valence-electron chi connectivity index (χ1n) is 5.90. The zero-order valence-corrected chi connectivity index (χ0v) is 11.4. The lowest BCUT2D eigenvalue weighted by molar-refractivity contribution is 0.376. The van der Waals surface area contributed by atoms with Gasteiger partial charge in [0.25, 0.3) is 0 Å². The quantitative estimate of drug-likeness (QED) is 0.800. The molecule has 1 heterocycles. The third-order valence-electron chi connectivity index (χ3n) is 2.96. The van der Waals surface area contributed by atoms with Gasteiger partial charge in [0.1, 0.15) is 0 Å². The standard InChI is InChI=1S/C14H21NS/c1-10-5-11(2)7-12(6-10)13-8-16-9-14(3,4)15-13/h5-7,13,15H,8-9H2,1-4H3. The minimum Gasteiger partial charge on any atom is -0.303 e. The highest BCUT2D eigenvalue weighted by Crippen LogP contribution is 2.29. The summed E-state index contributed by atoms with van der Waals surface area (Å²) in [5.41, 5.74) is 4.43. The molecule has 88 valence electrons. The summed E-state index contributed by atoms with van der Waals surface area (Å²) in [5, 5.41) is 3.74. The van der Waals surface area contributed by atoms with Gasteiger partial charge in [-0.1, -0.05) is 29.3 Å². The van der Waals surface area contributed by atoms with E-state index in [1.165, 1.54) is 28.2 Å². The molecule has 16 heavy (non-hydrogen) atoms. The van der Waals surface area contributed by atoms with E-state index in [4.69, 9.17) is 0 Å². The average molecular weight is 235 g/mol. The van der Waals surface area contributed by atoms with E-state index in [2.05, 4.69) is 63.0 Å². The van der Waals surface area contributed by atoms with Crippen LogP contribution < -0.4 is 5.32 Å². The fraction of sp³-hybridized carbons (Fsp3) is 0.571. The summed E-state index contributed by atoms with van der Waals surface area (Å²) in [7, 11) is 0. The van der Waals surface area contributed by atoms with E-state index in [1.54, 1.807) is 0 Å². The summed E-state index contributed by atoms with van der Waals surface area (Å²) < 4.78 is 0. The van der Waals surface area contributed by atoms with Crippen molar-refractivity contribution >= 4 is 11.8 Å². The van der Waals surface area contributed by atoms with Gasteiger partial charge in [-0.3, -0.25) is 0 Å². The van der Waals surface area contributed by atoms with E-state index in [-0.39, 0.29) is 5.54 Å². The number of rotatable bonds is 1. The van der Waals surface area contributed by atoms with Crippen molar-refractivity contribution in [1.29, 1.82) is 0 Å². The van der Waals surface area contributed by atoms with Crippen molar-refractivity contribution in [3.63, 3.8) is 0 Å². The zero-order valence-electron chi connectivity index (χ0n) is 10.6. The molecular weight excluding hydrogens is 214 g/mol. The summed E-state index contributed by atoms with van der Waals surface area (Å²) in [6.45, 7) is 8.93. The molecule has 1 unspecified atom stereocenters. The molecule has 1 N–H and O–H groups in total. The highest BCUT2D eigenvalue weighted by atomic mass is 32.2. The Morgan fingerprint density at radius 3 is 2.38 bits per heavy atom. The summed E-state index contributed by atoms with van der Waals surface area (Å²) in [6.07, 6.45) is 0. The minimum absolute atomic E-state index is 0.255. The maximum Gasteiger partial charge on any atom is 0.0416 e. The maximum atomic E-state index is 3.74. The second kappa shape index (κ2) is 4.42. The molecule has 0 aromatic heterocycles. The van der Waals surface area contributed by atoms with Crippen molar-refractivity contribution in [2.24, 2.45) is 0 Å². The normalized spacial score (nSPS) is 24.4. The first-order chi connectivity index (χ1) is 7.46. The van der Waals surface area contributed by atoms with Gasteiger partial charge in [0.05, 0.1) is 0 Å². The van der Waals surface area contributed by atoms with Crippen molar-refractivity contribution < 1.29 is 0 Å². The van der Waals surface area contributed by atoms with E-state index in [1.807, 2.05) is 0 Å². The van der Waals surface area contributed by atoms with Crippen molar-refractivity contribution in [3.8, 4) is 0 Å². The van der Waals surface area contributed by atoms with Crippen LogP contribution >= 0.6 is 11.8 Å². The van der Waals surface area contributed by atoms with Crippen LogP contribution in [0.3, 0.4) is 0 Å². The number of nitrogens with one attached hydrogen (secondary N) is 1. The highest BCUT2D eigenvalue weighted by molar-refractivity contribution is 7.99. The van der Waals surface area contributed by atoms with Gasteiger partial charge in [0.2, 0.25) is 0 Å². The third-order valence-corrected chi connectivity index (χ3v) is 4.45. The Balaban J connectivity index is 2.23. The maximum absolute atomic E-state index is 3.74. The molecule has 0 radical (unpaired) electrons. The predicted molar refractivity (Wildman–Crippen MR) is 73.2 cm³/mol. The van der Waals surface area contributed by atoms with Gasteiger partial charge in [-0.2, -0.15) is 11.8 Å². The van der Waals surface area contributed by atoms with E-state index < -0.39 is 0 Å². The summed E-state index contributed by atoms with van der Waals surface area (Å²) in [4.78, 5) is 0. The van der Waals surface area contributed by atoms with Gasteiger partial charge in [-0.15, -0.1) is 0 Å². The number of thioether (sulfide) groups is 1. The molecule has 0 bridgehead atoms. The van der Waals surface area contributed by atoms with Crippen molar-refractivity contribution in [2.45, 2.75) is 39.3 Å². The number of hydrogen-bond acceptors (Lipinski definition) is 2. The van der Waals surface area contributed by atoms with Crippen LogP contribution in [0.1, 0.15) is 36.6 Å². The molecule has 1 aliphatic rings. The summed E-state index contributed by atoms with van der Waals surface area (Å²) in [5.74, 6) is 2.39. The van der Waals surface area contributed by atoms with Gasteiger partial charge in [-0.05, 0) is 33.3 Å². The van der Waals surface area contributed by atoms with Crippen LogP contribution in [0.15, 0.2) is 18.2 Å². The Morgan fingerprint density at radius 1 is 1.19 bits per heavy atom. The molecule has 0 saturated carbocycles. The first-order valence-corrected chi connectivity index (χ1v) is 7.05. The number of hydrogen-bond donors (Lipinski definition) is 1. The second-order valence-electron chi connectivity index (χ2n) is 5.52. The predicted octanol–water partition coefficient (Wildman–Crippen LogP) is 3.46. The topological polar surface area (TPSA) is 12.0 Å². The monoisotopic (exact) mass is 235 g/mol. The van der Waals surface area contributed by atoms with Gasteiger partial charge in [-0.25, -0.2) is 0 Å². The molecule has 1 fully saturated rings. The van der Waals surface area contributed by atoms with E-state index in [9.17, 15) is 0 Å². The molecule has 2 heteroatoms. The molecule has 1 aromatic carbocycles. The van der Waals surface area contributed by atoms with E-state index in [0.29, 0.717) is 6.04 Å². The Hall–Kier alpha value is -0.470. The van der Waals surface area contributed by atoms with Crippen LogP contribution in [0, 0.1) is 13.8 Å². The molecule has 1 atom stereocenters. The molecule has 1 aliphatic heterocycles. The first kappa shape index (κ1) is 12.0. The van der Waals surface area contributed by atoms with Crippen molar-refractivity contribution in [3.05, 3.63) is 34.9 Å². The van der Waals surface area contributed by atoms with Crippen LogP contribution in [0.5, 0.6) is 0 Å². The second-order valence-corrected chi connectivity index (χ2v) is 6.55. The van der Waals surface area contributed by atoms with Gasteiger partial charge >= 0.3 is 0 Å². The highest BCUT2D eigenvalue weighted by Gasteiger charge is 2.28. The van der Waals surface area contributed by atoms with Crippen LogP contribution in [0.4, 0.5) is 0 Å². The van der Waals surface area contributed by atoms with Crippen molar-refractivity contribution in [1.82, 2.24) is 5.32 Å². The molecular formula is C14H21NS. The molecule has 1 saturated heterocycles. The lowest BCUT2D eigenvalue weighted by Gasteiger charge is -2.37. The largest absolute Gasteiger partial charge is 0.303 e. The van der Waals surface area contributed by atoms with Crippen LogP contribution in [-0.4, -0.2) is 17.0 Å². The third kappa shape index (κ3) is 2.80. The van der Waals surface area contributed by atoms with Crippen LogP contribution in [-0.2, 0) is 0 Å². The Bertz CT molecular complexity index is 364. The average Bonchev–Trinajstić information content (AvgIpc) is 2.14. The number of aryl methyl sites for hydroxylation is 2. The summed E-state index contributed by atoms with van der Waals surface area (Å²) in [6, 6.07) is 7.37. The smallest absolute Gasteiger partial charge is 0.0416 e. The van der Waals surface area contributed by atoms with Gasteiger partial charge in [0, 0.05) is 23.1 Å². The van der Waals surface area contributed by atoms with Gasteiger partial charge in [0.15, 0.2) is 0 Å². The SMILES string of the molecule is Cc1cc(C)cc(C2CSCC(C)(C)N2)c1. The van der Waals surface area contributed by atoms with Crippen LogP contribution in [0.25, 0.3) is 0 Å². The number of benzene rings is 1. The Kier molecular flexibility index (Phi) is 3.32. The molecule has 2 rings (SSSR count). The lowest BCUT2D eigenvalue weighted by Crippen LogP contribution is -2.48. The van der Waals surface area contributed by atoms with E-state index in [0.717, 1.165) is 0 Å². The van der Waals surface area contributed by atoms with Crippen molar-refractivity contribution in [2.75, 3.05) is 11.5 Å². The van der Waals surface area contributed by atoms with Crippen LogP contribution in [0.2, 0.25) is 0 Å².